The number of rotatable bonds is 14. The number of piperazine rings is 1. The van der Waals surface area contributed by atoms with Gasteiger partial charge < -0.3 is 39.8 Å². The van der Waals surface area contributed by atoms with Crippen molar-refractivity contribution in [1.29, 1.82) is 5.26 Å². The van der Waals surface area contributed by atoms with E-state index in [0.29, 0.717) is 61.9 Å². The van der Waals surface area contributed by atoms with Gasteiger partial charge in [0.2, 0.25) is 0 Å². The molecular formula is C38H42Br2N10O5. The molecule has 5 N–H and O–H groups in total. The molecule has 0 saturated carbocycles. The van der Waals surface area contributed by atoms with Crippen molar-refractivity contribution in [1.82, 2.24) is 44.8 Å². The van der Waals surface area contributed by atoms with E-state index in [1.807, 2.05) is 72.6 Å². The van der Waals surface area contributed by atoms with Crippen LogP contribution in [0.3, 0.4) is 0 Å². The maximum absolute atomic E-state index is 10.2. The Morgan fingerprint density at radius 2 is 1.29 bits per heavy atom. The molecule has 2 aromatic carbocycles. The predicted molar refractivity (Wildman–Crippen MR) is 215 cm³/mol. The number of β-amino-alcohol motifs (C(OH)–C–C–N with tert-alkyl or cyclic N) is 1. The summed E-state index contributed by atoms with van der Waals surface area (Å²) in [5.74, 6) is 2.85. The van der Waals surface area contributed by atoms with E-state index in [-0.39, 0.29) is 13.2 Å². The van der Waals surface area contributed by atoms with Gasteiger partial charge in [0.25, 0.3) is 0 Å². The van der Waals surface area contributed by atoms with Crippen molar-refractivity contribution in [3.63, 3.8) is 0 Å². The fourth-order valence-electron chi connectivity index (χ4n) is 5.84. The molecule has 15 nitrogen and oxygen atoms in total. The molecular weight excluding hydrogens is 836 g/mol. The van der Waals surface area contributed by atoms with Crippen molar-refractivity contribution in [2.75, 3.05) is 66.1 Å². The number of aromatic nitrogens is 6. The van der Waals surface area contributed by atoms with Crippen LogP contribution >= 0.6 is 31.9 Å². The van der Waals surface area contributed by atoms with Crippen LogP contribution in [0.4, 0.5) is 0 Å². The van der Waals surface area contributed by atoms with E-state index >= 15 is 0 Å². The Kier molecular flexibility index (Phi) is 14.2. The molecule has 1 fully saturated rings. The highest BCUT2D eigenvalue weighted by Crippen LogP contribution is 2.25. The van der Waals surface area contributed by atoms with Crippen LogP contribution in [0.1, 0.15) is 6.42 Å². The summed E-state index contributed by atoms with van der Waals surface area (Å²) >= 11 is 6.81. The number of aromatic amines is 2. The number of benzene rings is 2. The van der Waals surface area contributed by atoms with E-state index in [4.69, 9.17) is 14.7 Å². The van der Waals surface area contributed by atoms with Gasteiger partial charge in [0.1, 0.15) is 48.6 Å². The van der Waals surface area contributed by atoms with E-state index in [9.17, 15) is 15.4 Å². The number of fused-ring (bicyclic) bond motifs is 2. The molecule has 0 bridgehead atoms. The molecule has 2 atom stereocenters. The molecule has 0 amide bonds. The summed E-state index contributed by atoms with van der Waals surface area (Å²) in [4.78, 5) is 28.1. The van der Waals surface area contributed by atoms with E-state index < -0.39 is 12.2 Å². The molecule has 17 heteroatoms. The zero-order valence-corrected chi connectivity index (χ0v) is 33.3. The Morgan fingerprint density at radius 1 is 0.800 bits per heavy atom. The maximum Gasteiger partial charge on any atom is 0.178 e. The van der Waals surface area contributed by atoms with E-state index in [1.54, 1.807) is 12.4 Å². The Hall–Kier alpha value is -4.51. The van der Waals surface area contributed by atoms with Crippen LogP contribution in [0, 0.1) is 11.3 Å². The summed E-state index contributed by atoms with van der Waals surface area (Å²) in [5.41, 5.74) is 4.93. The fraction of sp³-hybridized carbons (Fsp3) is 0.342. The monoisotopic (exact) mass is 876 g/mol. The van der Waals surface area contributed by atoms with Gasteiger partial charge in [-0.15, -0.1) is 0 Å². The van der Waals surface area contributed by atoms with Crippen molar-refractivity contribution >= 4 is 54.2 Å². The number of aliphatic hydroxyl groups is 2. The molecule has 7 rings (SSSR count). The standard InChI is InChI=1S/C19H22BrN5O3.C19H20BrN5O2/c20-14-9-17-19(21-10-14)23-18(22-17)13-1-3-16(4-2-13)28-12-15(26)11-24-5-7-25(27)8-6-24;1-25(8-2-7-21)11-15(26)12-27-16-5-3-13(4-6-16)18-23-17-9-14(20)10-22-19(17)24-18/h1-4,9-10,15,26-27H,5-8,11-12H2,(H,21,22,23);3-6,9-10,15,26H,2,8,11-12H2,1H3,(H,22,23,24). The summed E-state index contributed by atoms with van der Waals surface area (Å²) in [6.07, 6.45) is 2.68. The van der Waals surface area contributed by atoms with Crippen molar-refractivity contribution in [3.05, 3.63) is 82.0 Å². The quantitative estimate of drug-likeness (QED) is 0.0971. The summed E-state index contributed by atoms with van der Waals surface area (Å²) < 4.78 is 13.2. The molecule has 0 aliphatic carbocycles. The normalized spacial score (nSPS) is 14.7. The predicted octanol–water partition coefficient (Wildman–Crippen LogP) is 5.11. The van der Waals surface area contributed by atoms with Gasteiger partial charge in [-0.25, -0.2) is 19.9 Å². The Morgan fingerprint density at radius 3 is 1.78 bits per heavy atom. The smallest absolute Gasteiger partial charge is 0.178 e. The largest absolute Gasteiger partial charge is 0.491 e. The van der Waals surface area contributed by atoms with Gasteiger partial charge in [-0.05, 0) is 99.6 Å². The number of hydrogen-bond donors (Lipinski definition) is 5. The minimum absolute atomic E-state index is 0.193. The average Bonchev–Trinajstić information content (AvgIpc) is 3.81. The highest BCUT2D eigenvalue weighted by molar-refractivity contribution is 9.10. The molecule has 2 unspecified atom stereocenters. The molecule has 5 heterocycles. The van der Waals surface area contributed by atoms with Crippen LogP contribution in [0.5, 0.6) is 11.5 Å². The lowest BCUT2D eigenvalue weighted by Gasteiger charge is -2.32. The number of H-pyrrole nitrogens is 2. The number of hydroxylamine groups is 2. The van der Waals surface area contributed by atoms with Gasteiger partial charge in [0, 0.05) is 84.7 Å². The first kappa shape index (κ1) is 40.2. The number of imidazole rings is 2. The second-order valence-corrected chi connectivity index (χ2v) is 15.0. The molecule has 0 spiro atoms. The van der Waals surface area contributed by atoms with Crippen molar-refractivity contribution in [2.24, 2.45) is 0 Å². The SMILES string of the molecule is CN(CCC#N)CC(O)COc1ccc(-c2nc3ncc(Br)cc3[nH]2)cc1.OC(COc1ccc(-c2nc3ncc(Br)cc3[nH]2)cc1)CN1CCN(O)CC1. The first-order chi connectivity index (χ1) is 26.6. The minimum Gasteiger partial charge on any atom is -0.491 e. The third-order valence-electron chi connectivity index (χ3n) is 8.69. The lowest BCUT2D eigenvalue weighted by molar-refractivity contribution is -0.120. The summed E-state index contributed by atoms with van der Waals surface area (Å²) in [5, 5.41) is 39.5. The molecule has 4 aromatic heterocycles. The Labute approximate surface area is 334 Å². The Bertz CT molecular complexity index is 2170. The lowest BCUT2D eigenvalue weighted by atomic mass is 10.2. The minimum atomic E-state index is -0.617. The van der Waals surface area contributed by atoms with Gasteiger partial charge >= 0.3 is 0 Å². The highest BCUT2D eigenvalue weighted by atomic mass is 79.9. The van der Waals surface area contributed by atoms with Crippen LogP contribution in [-0.4, -0.2) is 138 Å². The number of halogens is 2. The molecule has 1 aliphatic rings. The number of aliphatic hydroxyl groups excluding tert-OH is 2. The van der Waals surface area contributed by atoms with Gasteiger partial charge in [-0.2, -0.15) is 10.3 Å². The molecule has 6 aromatic rings. The number of hydrogen-bond acceptors (Lipinski definition) is 13. The van der Waals surface area contributed by atoms with Crippen molar-refractivity contribution < 1.29 is 24.9 Å². The number of nitrogens with one attached hydrogen (secondary N) is 2. The van der Waals surface area contributed by atoms with E-state index in [1.165, 1.54) is 5.06 Å². The second kappa shape index (κ2) is 19.4. The second-order valence-electron chi connectivity index (χ2n) is 13.1. The summed E-state index contributed by atoms with van der Waals surface area (Å²) in [6.45, 7) is 4.73. The third kappa shape index (κ3) is 11.7. The number of nitrogens with zero attached hydrogens (tertiary/aromatic N) is 8. The van der Waals surface area contributed by atoms with Gasteiger partial charge in [0.15, 0.2) is 11.3 Å². The van der Waals surface area contributed by atoms with Crippen molar-refractivity contribution in [2.45, 2.75) is 18.6 Å². The molecule has 288 valence electrons. The number of nitriles is 1. The van der Waals surface area contributed by atoms with Crippen LogP contribution < -0.4 is 9.47 Å². The van der Waals surface area contributed by atoms with Crippen LogP contribution in [0.25, 0.3) is 45.1 Å². The summed E-state index contributed by atoms with van der Waals surface area (Å²) in [7, 11) is 1.87. The lowest BCUT2D eigenvalue weighted by Crippen LogP contribution is -2.48. The molecule has 1 aliphatic heterocycles. The Balaban J connectivity index is 0.000000187. The first-order valence-electron chi connectivity index (χ1n) is 17.7. The molecule has 1 saturated heterocycles. The number of pyridine rings is 2. The average molecular weight is 879 g/mol. The first-order valence-corrected chi connectivity index (χ1v) is 19.3. The topological polar surface area (TPSA) is 196 Å². The highest BCUT2D eigenvalue weighted by Gasteiger charge is 2.18. The van der Waals surface area contributed by atoms with Gasteiger partial charge in [0.05, 0.1) is 17.1 Å². The van der Waals surface area contributed by atoms with Gasteiger partial charge in [-0.3, -0.25) is 4.90 Å². The number of likely N-dealkylation sites (N-methyl/N-ethyl adjacent to an activating group) is 1. The summed E-state index contributed by atoms with van der Waals surface area (Å²) in [6, 6.07) is 21.1. The molecule has 0 radical (unpaired) electrons. The maximum atomic E-state index is 10.2. The fourth-order valence-corrected chi connectivity index (χ4v) is 6.50. The van der Waals surface area contributed by atoms with E-state index in [2.05, 4.69) is 72.7 Å². The zero-order chi connectivity index (χ0) is 38.7. The van der Waals surface area contributed by atoms with Crippen LogP contribution in [-0.2, 0) is 0 Å². The zero-order valence-electron chi connectivity index (χ0n) is 30.1. The van der Waals surface area contributed by atoms with E-state index in [0.717, 1.165) is 55.8 Å². The van der Waals surface area contributed by atoms with Crippen molar-refractivity contribution in [3.8, 4) is 40.3 Å². The van der Waals surface area contributed by atoms with Crippen LogP contribution in [0.2, 0.25) is 0 Å². The van der Waals surface area contributed by atoms with Gasteiger partial charge in [-0.1, -0.05) is 0 Å². The third-order valence-corrected chi connectivity index (χ3v) is 9.56. The van der Waals surface area contributed by atoms with Crippen LogP contribution in [0.15, 0.2) is 82.0 Å². The number of ether oxygens (including phenoxy) is 2. The molecule has 55 heavy (non-hydrogen) atoms.